The van der Waals surface area contributed by atoms with Crippen molar-refractivity contribution in [1.82, 2.24) is 0 Å². The predicted molar refractivity (Wildman–Crippen MR) is 150 cm³/mol. The highest BCUT2D eigenvalue weighted by Crippen LogP contribution is 2.37. The first-order valence-corrected chi connectivity index (χ1v) is 12.7. The minimum Gasteiger partial charge on any atom is -0.486 e. The number of para-hydroxylation sites is 1. The van der Waals surface area contributed by atoms with Crippen molar-refractivity contribution in [3.8, 4) is 17.2 Å². The summed E-state index contributed by atoms with van der Waals surface area (Å²) < 4.78 is 22.7. The smallest absolute Gasteiger partial charge is 0.383 e. The molecule has 37 heavy (non-hydrogen) atoms. The van der Waals surface area contributed by atoms with E-state index in [2.05, 4.69) is 46.8 Å². The van der Waals surface area contributed by atoms with Gasteiger partial charge in [0.15, 0.2) is 17.1 Å². The van der Waals surface area contributed by atoms with Gasteiger partial charge in [0.05, 0.1) is 5.39 Å². The van der Waals surface area contributed by atoms with Crippen LogP contribution in [-0.2, 0) is 4.79 Å². The van der Waals surface area contributed by atoms with E-state index in [4.69, 9.17) is 18.6 Å². The summed E-state index contributed by atoms with van der Waals surface area (Å²) in [5.41, 5.74) is 4.39. The van der Waals surface area contributed by atoms with Crippen LogP contribution < -0.4 is 19.8 Å². The van der Waals surface area contributed by atoms with Crippen molar-refractivity contribution in [2.24, 2.45) is 0 Å². The summed E-state index contributed by atoms with van der Waals surface area (Å²) in [6.07, 6.45) is 12.0. The van der Waals surface area contributed by atoms with Gasteiger partial charge in [-0.3, -0.25) is 4.79 Å². The van der Waals surface area contributed by atoms with Gasteiger partial charge in [-0.15, -0.1) is 0 Å². The van der Waals surface area contributed by atoms with Gasteiger partial charge < -0.3 is 18.6 Å². The Kier molecular flexibility index (Phi) is 11.9. The van der Waals surface area contributed by atoms with Crippen molar-refractivity contribution in [3.05, 3.63) is 75.2 Å². The zero-order valence-corrected chi connectivity index (χ0v) is 23.2. The molecule has 0 atom stereocenters. The van der Waals surface area contributed by atoms with Gasteiger partial charge in [0.2, 0.25) is 5.75 Å². The van der Waals surface area contributed by atoms with Crippen molar-refractivity contribution < 1.29 is 23.4 Å². The van der Waals surface area contributed by atoms with E-state index in [1.165, 1.54) is 23.6 Å². The molecule has 1 aromatic carbocycles. The lowest BCUT2D eigenvalue weighted by atomic mass is 10.1. The Morgan fingerprint density at radius 2 is 1.35 bits per heavy atom. The minimum atomic E-state index is -0.733. The van der Waals surface area contributed by atoms with Crippen molar-refractivity contribution >= 4 is 16.9 Å². The van der Waals surface area contributed by atoms with E-state index in [1.54, 1.807) is 18.2 Å². The van der Waals surface area contributed by atoms with E-state index >= 15 is 0 Å². The SMILES string of the molecule is CC(=O)Oc1c(OCC=C(C)CCC=C(C)C)c(=O)oc2c(OCC=C(C)CCC=C(C)C)cccc12. The molecule has 200 valence electrons. The molecule has 2 aromatic rings. The third-order valence-electron chi connectivity index (χ3n) is 5.57. The number of hydrogen-bond acceptors (Lipinski definition) is 6. The zero-order valence-electron chi connectivity index (χ0n) is 23.2. The van der Waals surface area contributed by atoms with Gasteiger partial charge in [-0.1, -0.05) is 40.5 Å². The van der Waals surface area contributed by atoms with Gasteiger partial charge in [0.1, 0.15) is 13.2 Å². The first-order chi connectivity index (χ1) is 17.6. The van der Waals surface area contributed by atoms with E-state index in [0.29, 0.717) is 17.7 Å². The summed E-state index contributed by atoms with van der Waals surface area (Å²) in [5.74, 6) is -0.277. The maximum absolute atomic E-state index is 12.9. The first kappa shape index (κ1) is 29.7. The summed E-state index contributed by atoms with van der Waals surface area (Å²) in [4.78, 5) is 24.7. The predicted octanol–water partition coefficient (Wildman–Crippen LogP) is 7.86. The van der Waals surface area contributed by atoms with Crippen LogP contribution in [0.3, 0.4) is 0 Å². The summed E-state index contributed by atoms with van der Waals surface area (Å²) in [6.45, 7) is 14.1. The molecule has 6 heteroatoms. The fourth-order valence-corrected chi connectivity index (χ4v) is 3.56. The number of benzene rings is 1. The monoisotopic (exact) mass is 508 g/mol. The van der Waals surface area contributed by atoms with Gasteiger partial charge in [0.25, 0.3) is 0 Å². The van der Waals surface area contributed by atoms with Gasteiger partial charge in [-0.2, -0.15) is 0 Å². The molecule has 0 amide bonds. The van der Waals surface area contributed by atoms with Crippen LogP contribution in [0, 0.1) is 0 Å². The summed E-state index contributed by atoms with van der Waals surface area (Å²) in [5, 5.41) is 0.427. The molecule has 6 nitrogen and oxygen atoms in total. The second-order valence-electron chi connectivity index (χ2n) is 9.64. The number of allylic oxidation sites excluding steroid dienone is 6. The molecule has 0 spiro atoms. The van der Waals surface area contributed by atoms with Crippen LogP contribution in [0.2, 0.25) is 0 Å². The Balaban J connectivity index is 2.26. The lowest BCUT2D eigenvalue weighted by Gasteiger charge is -2.13. The van der Waals surface area contributed by atoms with Crippen molar-refractivity contribution in [3.63, 3.8) is 0 Å². The molecule has 2 rings (SSSR count). The van der Waals surface area contributed by atoms with Crippen LogP contribution in [0.25, 0.3) is 11.0 Å². The third-order valence-corrected chi connectivity index (χ3v) is 5.57. The fourth-order valence-electron chi connectivity index (χ4n) is 3.56. The largest absolute Gasteiger partial charge is 0.486 e. The molecule has 0 bridgehead atoms. The van der Waals surface area contributed by atoms with E-state index in [9.17, 15) is 9.59 Å². The minimum absolute atomic E-state index is 0.0354. The number of carbonyl (C=O) groups excluding carboxylic acids is 1. The second kappa shape index (κ2) is 14.9. The quantitative estimate of drug-likeness (QED) is 0.156. The maximum Gasteiger partial charge on any atom is 0.383 e. The van der Waals surface area contributed by atoms with Crippen LogP contribution in [0.5, 0.6) is 17.2 Å². The molecule has 0 N–H and O–H groups in total. The Labute approximate surface area is 220 Å². The van der Waals surface area contributed by atoms with Gasteiger partial charge in [-0.25, -0.2) is 4.79 Å². The number of esters is 1. The van der Waals surface area contributed by atoms with E-state index < -0.39 is 11.6 Å². The van der Waals surface area contributed by atoms with E-state index in [1.807, 2.05) is 19.1 Å². The van der Waals surface area contributed by atoms with E-state index in [0.717, 1.165) is 31.3 Å². The van der Waals surface area contributed by atoms with Gasteiger partial charge in [-0.05, 0) is 91.5 Å². The maximum atomic E-state index is 12.9. The number of rotatable bonds is 13. The fraction of sp³-hybridized carbons (Fsp3) is 0.419. The van der Waals surface area contributed by atoms with E-state index in [-0.39, 0.29) is 23.7 Å². The lowest BCUT2D eigenvalue weighted by molar-refractivity contribution is -0.131. The summed E-state index contributed by atoms with van der Waals surface area (Å²) in [6, 6.07) is 5.18. The molecule has 0 fully saturated rings. The van der Waals surface area contributed by atoms with Crippen LogP contribution >= 0.6 is 0 Å². The first-order valence-electron chi connectivity index (χ1n) is 12.7. The Bertz CT molecular complexity index is 1250. The van der Waals surface area contributed by atoms with Gasteiger partial charge in [0, 0.05) is 6.92 Å². The molecule has 0 aliphatic carbocycles. The highest BCUT2D eigenvalue weighted by atomic mass is 16.6. The molecule has 0 saturated carbocycles. The molecule has 0 aliphatic rings. The molecule has 1 heterocycles. The molecular formula is C31H40O6. The summed E-state index contributed by atoms with van der Waals surface area (Å²) >= 11 is 0. The molecule has 0 radical (unpaired) electrons. The Morgan fingerprint density at radius 3 is 1.89 bits per heavy atom. The van der Waals surface area contributed by atoms with Crippen LogP contribution in [0.4, 0.5) is 0 Å². The third kappa shape index (κ3) is 10.2. The van der Waals surface area contributed by atoms with Gasteiger partial charge >= 0.3 is 11.6 Å². The van der Waals surface area contributed by atoms with Crippen molar-refractivity contribution in [1.29, 1.82) is 0 Å². The van der Waals surface area contributed by atoms with Crippen LogP contribution in [-0.4, -0.2) is 19.2 Å². The number of carbonyl (C=O) groups is 1. The molecule has 0 aliphatic heterocycles. The van der Waals surface area contributed by atoms with Crippen LogP contribution in [0.15, 0.2) is 74.0 Å². The lowest BCUT2D eigenvalue weighted by Crippen LogP contribution is -2.13. The number of fused-ring (bicyclic) bond motifs is 1. The standard InChI is InChI=1S/C31H40O6/c1-21(2)11-8-13-23(5)17-19-34-27-16-10-15-26-28(27)37-31(33)30(29(26)36-25(7)32)35-20-18-24(6)14-9-12-22(3)4/h10-12,15-18H,8-9,13-14,19-20H2,1-7H3. The average Bonchev–Trinajstić information content (AvgIpc) is 2.80. The molecule has 0 saturated heterocycles. The van der Waals surface area contributed by atoms with Crippen molar-refractivity contribution in [2.75, 3.05) is 13.2 Å². The highest BCUT2D eigenvalue weighted by molar-refractivity contribution is 5.91. The summed E-state index contributed by atoms with van der Waals surface area (Å²) in [7, 11) is 0. The highest BCUT2D eigenvalue weighted by Gasteiger charge is 2.21. The Hall–Kier alpha value is -3.54. The normalized spacial score (nSPS) is 11.8. The zero-order chi connectivity index (χ0) is 27.4. The van der Waals surface area contributed by atoms with Crippen LogP contribution in [0.1, 0.15) is 74.1 Å². The Morgan fingerprint density at radius 1 is 0.784 bits per heavy atom. The number of ether oxygens (including phenoxy) is 3. The average molecular weight is 509 g/mol. The van der Waals surface area contributed by atoms with Crippen molar-refractivity contribution in [2.45, 2.75) is 74.1 Å². The number of hydrogen-bond donors (Lipinski definition) is 0. The molecular weight excluding hydrogens is 468 g/mol. The molecule has 0 unspecified atom stereocenters. The topological polar surface area (TPSA) is 75.0 Å². The second-order valence-corrected chi connectivity index (χ2v) is 9.64. The molecule has 1 aromatic heterocycles.